The lowest BCUT2D eigenvalue weighted by molar-refractivity contribution is -0.137. The third kappa shape index (κ3) is 3.29. The van der Waals surface area contributed by atoms with Crippen molar-refractivity contribution in [3.05, 3.63) is 59.8 Å². The highest BCUT2D eigenvalue weighted by Crippen LogP contribution is 2.34. The number of nitrogens with zero attached hydrogens (tertiary/aromatic N) is 4. The molecule has 0 aliphatic carbocycles. The molecular weight excluding hydrogens is 349 g/mol. The van der Waals surface area contributed by atoms with Crippen LogP contribution in [0.2, 0.25) is 0 Å². The Bertz CT molecular complexity index is 975. The van der Waals surface area contributed by atoms with E-state index in [0.717, 1.165) is 18.5 Å². The molecule has 0 aromatic carbocycles. The summed E-state index contributed by atoms with van der Waals surface area (Å²) in [5, 5.41) is 0. The van der Waals surface area contributed by atoms with Crippen LogP contribution in [0.5, 0.6) is 0 Å². The van der Waals surface area contributed by atoms with Crippen LogP contribution in [0, 0.1) is 0 Å². The average Bonchev–Trinajstić information content (AvgIpc) is 2.62. The lowest BCUT2D eigenvalue weighted by atomic mass is 10.1. The molecule has 0 unspecified atom stereocenters. The standard InChI is InChI=1S/C16H11F3N6O/c17-16(18,19)10-4-9(6-23-14(10)20)11-7-24-15(21)12(25-11)13(26)8-2-1-3-22-5-8/h1-7H,(H2,20,23)(H2,21,24). The summed E-state index contributed by atoms with van der Waals surface area (Å²) in [7, 11) is 0. The quantitative estimate of drug-likeness (QED) is 0.688. The lowest BCUT2D eigenvalue weighted by Crippen LogP contribution is -2.12. The normalized spacial score (nSPS) is 11.3. The first kappa shape index (κ1) is 17.3. The number of anilines is 2. The van der Waals surface area contributed by atoms with Gasteiger partial charge in [-0.3, -0.25) is 9.78 Å². The van der Waals surface area contributed by atoms with Crippen LogP contribution in [0.1, 0.15) is 21.6 Å². The van der Waals surface area contributed by atoms with Crippen LogP contribution < -0.4 is 11.5 Å². The molecule has 0 bridgehead atoms. The number of hydrogen-bond donors (Lipinski definition) is 2. The van der Waals surface area contributed by atoms with E-state index in [1.54, 1.807) is 6.07 Å². The zero-order valence-corrected chi connectivity index (χ0v) is 13.0. The van der Waals surface area contributed by atoms with Crippen molar-refractivity contribution in [3.8, 4) is 11.3 Å². The summed E-state index contributed by atoms with van der Waals surface area (Å²) >= 11 is 0. The van der Waals surface area contributed by atoms with E-state index in [2.05, 4.69) is 19.9 Å². The number of aromatic nitrogens is 4. The minimum Gasteiger partial charge on any atom is -0.383 e. The fourth-order valence-electron chi connectivity index (χ4n) is 2.18. The summed E-state index contributed by atoms with van der Waals surface area (Å²) < 4.78 is 39.0. The molecule has 3 aromatic rings. The molecule has 10 heteroatoms. The van der Waals surface area contributed by atoms with Crippen molar-refractivity contribution < 1.29 is 18.0 Å². The first-order chi connectivity index (χ1) is 12.3. The van der Waals surface area contributed by atoms with E-state index < -0.39 is 23.3 Å². The third-order valence-corrected chi connectivity index (χ3v) is 3.46. The van der Waals surface area contributed by atoms with Crippen LogP contribution in [0.15, 0.2) is 43.0 Å². The van der Waals surface area contributed by atoms with E-state index in [1.807, 2.05) is 0 Å². The number of hydrogen-bond acceptors (Lipinski definition) is 7. The molecule has 132 valence electrons. The van der Waals surface area contributed by atoms with Crippen molar-refractivity contribution in [1.29, 1.82) is 0 Å². The van der Waals surface area contributed by atoms with Gasteiger partial charge in [0.05, 0.1) is 17.5 Å². The summed E-state index contributed by atoms with van der Waals surface area (Å²) in [6, 6.07) is 3.86. The molecule has 26 heavy (non-hydrogen) atoms. The number of carbonyl (C=O) groups excluding carboxylic acids is 1. The zero-order valence-electron chi connectivity index (χ0n) is 13.0. The Hall–Kier alpha value is -3.56. The summed E-state index contributed by atoms with van der Waals surface area (Å²) in [4.78, 5) is 27.8. The van der Waals surface area contributed by atoms with E-state index in [9.17, 15) is 18.0 Å². The van der Waals surface area contributed by atoms with Crippen molar-refractivity contribution in [2.75, 3.05) is 11.5 Å². The fraction of sp³-hybridized carbons (Fsp3) is 0.0625. The number of carbonyl (C=O) groups is 1. The lowest BCUT2D eigenvalue weighted by Gasteiger charge is -2.11. The molecule has 0 saturated carbocycles. The van der Waals surface area contributed by atoms with Gasteiger partial charge < -0.3 is 11.5 Å². The van der Waals surface area contributed by atoms with Crippen molar-refractivity contribution in [2.24, 2.45) is 0 Å². The van der Waals surface area contributed by atoms with Crippen LogP contribution >= 0.6 is 0 Å². The molecule has 0 aliphatic rings. The second-order valence-corrected chi connectivity index (χ2v) is 5.21. The van der Waals surface area contributed by atoms with Crippen LogP contribution in [-0.2, 0) is 6.18 Å². The molecule has 7 nitrogen and oxygen atoms in total. The molecule has 0 amide bonds. The summed E-state index contributed by atoms with van der Waals surface area (Å²) in [5.41, 5.74) is 9.91. The van der Waals surface area contributed by atoms with Crippen LogP contribution in [0.3, 0.4) is 0 Å². The predicted molar refractivity (Wildman–Crippen MR) is 86.8 cm³/mol. The Morgan fingerprint density at radius 3 is 2.42 bits per heavy atom. The predicted octanol–water partition coefficient (Wildman–Crippen LogP) is 2.35. The van der Waals surface area contributed by atoms with Crippen LogP contribution in [-0.4, -0.2) is 25.7 Å². The first-order valence-corrected chi connectivity index (χ1v) is 7.17. The van der Waals surface area contributed by atoms with E-state index in [-0.39, 0.29) is 28.3 Å². The largest absolute Gasteiger partial charge is 0.419 e. The Morgan fingerprint density at radius 1 is 1.04 bits per heavy atom. The second kappa shape index (κ2) is 6.39. The minimum absolute atomic E-state index is 0.000684. The highest BCUT2D eigenvalue weighted by Gasteiger charge is 2.34. The van der Waals surface area contributed by atoms with E-state index >= 15 is 0 Å². The van der Waals surface area contributed by atoms with Gasteiger partial charge in [-0.1, -0.05) is 0 Å². The SMILES string of the molecule is Nc1ncc(-c2cnc(N)c(C(=O)c3cccnc3)n2)cc1C(F)(F)F. The number of ketones is 1. The number of rotatable bonds is 3. The topological polar surface area (TPSA) is 121 Å². The van der Waals surface area contributed by atoms with Gasteiger partial charge in [-0.25, -0.2) is 15.0 Å². The number of pyridine rings is 2. The first-order valence-electron chi connectivity index (χ1n) is 7.17. The highest BCUT2D eigenvalue weighted by molar-refractivity contribution is 6.10. The van der Waals surface area contributed by atoms with Crippen molar-refractivity contribution in [2.45, 2.75) is 6.18 Å². The van der Waals surface area contributed by atoms with Crippen LogP contribution in [0.4, 0.5) is 24.8 Å². The molecule has 3 heterocycles. The van der Waals surface area contributed by atoms with Gasteiger partial charge in [0.1, 0.15) is 5.82 Å². The van der Waals surface area contributed by atoms with Gasteiger partial charge in [0.15, 0.2) is 11.5 Å². The molecule has 0 saturated heterocycles. The molecule has 4 N–H and O–H groups in total. The number of alkyl halides is 3. The van der Waals surface area contributed by atoms with Gasteiger partial charge in [0.2, 0.25) is 5.78 Å². The highest BCUT2D eigenvalue weighted by atomic mass is 19.4. The molecule has 3 aromatic heterocycles. The number of halogens is 3. The summed E-state index contributed by atoms with van der Waals surface area (Å²) in [6.07, 6.45) is 0.401. The monoisotopic (exact) mass is 360 g/mol. The second-order valence-electron chi connectivity index (χ2n) is 5.21. The molecule has 0 aliphatic heterocycles. The van der Waals surface area contributed by atoms with Gasteiger partial charge in [-0.15, -0.1) is 0 Å². The fourth-order valence-corrected chi connectivity index (χ4v) is 2.18. The van der Waals surface area contributed by atoms with Gasteiger partial charge in [0.25, 0.3) is 0 Å². The molecule has 0 atom stereocenters. The Labute approximate surface area is 144 Å². The van der Waals surface area contributed by atoms with E-state index in [0.29, 0.717) is 0 Å². The minimum atomic E-state index is -4.68. The van der Waals surface area contributed by atoms with Gasteiger partial charge in [-0.2, -0.15) is 13.2 Å². The maximum atomic E-state index is 13.0. The maximum Gasteiger partial charge on any atom is 0.419 e. The zero-order chi connectivity index (χ0) is 18.9. The number of nitrogen functional groups attached to an aromatic ring is 2. The van der Waals surface area contributed by atoms with Gasteiger partial charge in [0, 0.05) is 29.7 Å². The van der Waals surface area contributed by atoms with Gasteiger partial charge >= 0.3 is 6.18 Å². The Balaban J connectivity index is 2.07. The molecule has 3 rings (SSSR count). The smallest absolute Gasteiger partial charge is 0.383 e. The molecular formula is C16H11F3N6O. The maximum absolute atomic E-state index is 13.0. The van der Waals surface area contributed by atoms with Crippen LogP contribution in [0.25, 0.3) is 11.3 Å². The number of nitrogens with two attached hydrogens (primary N) is 2. The van der Waals surface area contributed by atoms with Gasteiger partial charge in [-0.05, 0) is 18.2 Å². The Kier molecular flexibility index (Phi) is 4.24. The third-order valence-electron chi connectivity index (χ3n) is 3.46. The summed E-state index contributed by atoms with van der Waals surface area (Å²) in [5.74, 6) is -1.36. The van der Waals surface area contributed by atoms with E-state index in [1.165, 1.54) is 18.5 Å². The molecule has 0 radical (unpaired) electrons. The Morgan fingerprint density at radius 2 is 1.77 bits per heavy atom. The van der Waals surface area contributed by atoms with Crippen molar-refractivity contribution >= 4 is 17.4 Å². The van der Waals surface area contributed by atoms with Crippen molar-refractivity contribution in [3.63, 3.8) is 0 Å². The average molecular weight is 360 g/mol. The molecule has 0 spiro atoms. The summed E-state index contributed by atoms with van der Waals surface area (Å²) in [6.45, 7) is 0. The van der Waals surface area contributed by atoms with E-state index in [4.69, 9.17) is 11.5 Å². The van der Waals surface area contributed by atoms with Crippen molar-refractivity contribution in [1.82, 2.24) is 19.9 Å². The molecule has 0 fully saturated rings.